The third-order valence-corrected chi connectivity index (χ3v) is 2.92. The van der Waals surface area contributed by atoms with E-state index in [1.54, 1.807) is 33.5 Å². The lowest BCUT2D eigenvalue weighted by Gasteiger charge is -2.14. The first kappa shape index (κ1) is 17.1. The van der Waals surface area contributed by atoms with Gasteiger partial charge in [-0.25, -0.2) is 0 Å². The molecule has 0 bridgehead atoms. The number of methoxy groups -OCH3 is 3. The molecule has 0 saturated heterocycles. The Morgan fingerprint density at radius 2 is 1.71 bits per heavy atom. The molecule has 1 aromatic rings. The van der Waals surface area contributed by atoms with E-state index >= 15 is 0 Å². The molecule has 1 amide bonds. The fourth-order valence-corrected chi connectivity index (χ4v) is 1.91. The molecule has 0 aliphatic rings. The lowest BCUT2D eigenvalue weighted by molar-refractivity contribution is -0.648. The van der Waals surface area contributed by atoms with Crippen LogP contribution in [0.1, 0.15) is 13.8 Å². The van der Waals surface area contributed by atoms with Crippen molar-refractivity contribution in [1.29, 1.82) is 0 Å². The van der Waals surface area contributed by atoms with E-state index in [1.165, 1.54) is 0 Å². The van der Waals surface area contributed by atoms with Crippen LogP contribution < -0.4 is 24.8 Å². The van der Waals surface area contributed by atoms with Crippen LogP contribution in [0, 0.1) is 5.92 Å². The summed E-state index contributed by atoms with van der Waals surface area (Å²) in [5, 5.41) is 4.81. The van der Waals surface area contributed by atoms with Gasteiger partial charge in [0.2, 0.25) is 5.75 Å². The average molecular weight is 297 g/mol. The number of rotatable bonds is 8. The Bertz CT molecular complexity index is 450. The van der Waals surface area contributed by atoms with Gasteiger partial charge in [-0.05, 0) is 0 Å². The zero-order valence-electron chi connectivity index (χ0n) is 13.4. The number of ether oxygens (including phenoxy) is 3. The number of amides is 1. The second-order valence-electron chi connectivity index (χ2n) is 5.08. The van der Waals surface area contributed by atoms with E-state index < -0.39 is 0 Å². The molecular formula is C15H25N2O4+. The summed E-state index contributed by atoms with van der Waals surface area (Å²) in [6, 6.07) is 3.42. The number of nitrogens with one attached hydrogen (secondary N) is 1. The molecule has 3 N–H and O–H groups in total. The fraction of sp³-hybridized carbons (Fsp3) is 0.533. The predicted octanol–water partition coefficient (Wildman–Crippen LogP) is 0.870. The number of anilines is 1. The van der Waals surface area contributed by atoms with E-state index in [2.05, 4.69) is 19.2 Å². The standard InChI is InChI=1S/C15H24N2O4/c1-10(2)8-16-9-14(18)17-11-6-12(19-3)15(21-5)13(7-11)20-4/h6-7,10,16H,8-9H2,1-5H3,(H,17,18)/p+1. The Hall–Kier alpha value is -1.95. The zero-order chi connectivity index (χ0) is 15.8. The molecule has 0 spiro atoms. The van der Waals surface area contributed by atoms with E-state index in [-0.39, 0.29) is 5.91 Å². The van der Waals surface area contributed by atoms with Crippen LogP contribution >= 0.6 is 0 Å². The Kier molecular flexibility index (Phi) is 6.81. The minimum atomic E-state index is -0.0649. The first-order valence-electron chi connectivity index (χ1n) is 6.93. The number of hydrogen-bond acceptors (Lipinski definition) is 4. The largest absolute Gasteiger partial charge is 0.493 e. The molecular weight excluding hydrogens is 272 g/mol. The highest BCUT2D eigenvalue weighted by atomic mass is 16.5. The van der Waals surface area contributed by atoms with Gasteiger partial charge in [0.25, 0.3) is 5.91 Å². The van der Waals surface area contributed by atoms with Crippen LogP contribution in [0.15, 0.2) is 12.1 Å². The van der Waals surface area contributed by atoms with Crippen molar-refractivity contribution < 1.29 is 24.3 Å². The first-order chi connectivity index (χ1) is 10.0. The van der Waals surface area contributed by atoms with Crippen molar-refractivity contribution in [3.8, 4) is 17.2 Å². The van der Waals surface area contributed by atoms with Crippen molar-refractivity contribution in [1.82, 2.24) is 0 Å². The van der Waals surface area contributed by atoms with Gasteiger partial charge in [0.1, 0.15) is 0 Å². The second-order valence-corrected chi connectivity index (χ2v) is 5.08. The summed E-state index contributed by atoms with van der Waals surface area (Å²) in [5.74, 6) is 2.02. The number of quaternary nitrogens is 1. The fourth-order valence-electron chi connectivity index (χ4n) is 1.91. The number of nitrogens with two attached hydrogens (primary N) is 1. The van der Waals surface area contributed by atoms with Crippen LogP contribution in [0.5, 0.6) is 17.2 Å². The van der Waals surface area contributed by atoms with Gasteiger partial charge in [-0.2, -0.15) is 0 Å². The van der Waals surface area contributed by atoms with E-state index in [9.17, 15) is 4.79 Å². The monoisotopic (exact) mass is 297 g/mol. The van der Waals surface area contributed by atoms with E-state index in [4.69, 9.17) is 14.2 Å². The Morgan fingerprint density at radius 1 is 1.14 bits per heavy atom. The summed E-state index contributed by atoms with van der Waals surface area (Å²) in [5.41, 5.74) is 0.618. The maximum Gasteiger partial charge on any atom is 0.279 e. The molecule has 0 atom stereocenters. The Morgan fingerprint density at radius 3 is 2.14 bits per heavy atom. The average Bonchev–Trinajstić information content (AvgIpc) is 2.45. The van der Waals surface area contributed by atoms with Crippen molar-refractivity contribution in [3.05, 3.63) is 12.1 Å². The van der Waals surface area contributed by atoms with Crippen LogP contribution in [0.4, 0.5) is 5.69 Å². The van der Waals surface area contributed by atoms with Crippen molar-refractivity contribution in [2.24, 2.45) is 5.92 Å². The maximum atomic E-state index is 11.9. The minimum Gasteiger partial charge on any atom is -0.493 e. The highest BCUT2D eigenvalue weighted by Gasteiger charge is 2.14. The van der Waals surface area contributed by atoms with Crippen LogP contribution in [-0.2, 0) is 4.79 Å². The normalized spacial score (nSPS) is 10.4. The summed E-state index contributed by atoms with van der Waals surface area (Å²) in [6.45, 7) is 5.54. The molecule has 0 fully saturated rings. The maximum absolute atomic E-state index is 11.9. The molecule has 0 aliphatic heterocycles. The van der Waals surface area contributed by atoms with Gasteiger partial charge >= 0.3 is 0 Å². The summed E-state index contributed by atoms with van der Waals surface area (Å²) < 4.78 is 15.7. The van der Waals surface area contributed by atoms with E-state index in [0.717, 1.165) is 6.54 Å². The smallest absolute Gasteiger partial charge is 0.279 e. The molecule has 1 rings (SSSR count). The van der Waals surface area contributed by atoms with Crippen molar-refractivity contribution in [2.75, 3.05) is 39.7 Å². The Balaban J connectivity index is 2.77. The molecule has 0 unspecified atom stereocenters. The minimum absolute atomic E-state index is 0.0649. The van der Waals surface area contributed by atoms with Gasteiger partial charge in [-0.1, -0.05) is 13.8 Å². The predicted molar refractivity (Wildman–Crippen MR) is 81.2 cm³/mol. The molecule has 6 nitrogen and oxygen atoms in total. The van der Waals surface area contributed by atoms with E-state index in [1.807, 2.05) is 5.32 Å². The van der Waals surface area contributed by atoms with Crippen molar-refractivity contribution >= 4 is 11.6 Å². The van der Waals surface area contributed by atoms with Crippen LogP contribution in [0.25, 0.3) is 0 Å². The number of hydrogen-bond donors (Lipinski definition) is 2. The molecule has 1 aromatic carbocycles. The summed E-state index contributed by atoms with van der Waals surface area (Å²) in [6.07, 6.45) is 0. The molecule has 6 heteroatoms. The molecule has 0 saturated carbocycles. The third-order valence-electron chi connectivity index (χ3n) is 2.92. The van der Waals surface area contributed by atoms with Gasteiger partial charge in [-0.15, -0.1) is 0 Å². The van der Waals surface area contributed by atoms with Crippen molar-refractivity contribution in [2.45, 2.75) is 13.8 Å². The highest BCUT2D eigenvalue weighted by Crippen LogP contribution is 2.39. The summed E-state index contributed by atoms with van der Waals surface area (Å²) in [7, 11) is 4.62. The zero-order valence-corrected chi connectivity index (χ0v) is 13.4. The highest BCUT2D eigenvalue weighted by molar-refractivity contribution is 5.92. The van der Waals surface area contributed by atoms with Gasteiger partial charge in [0.05, 0.1) is 27.9 Å². The number of carbonyl (C=O) groups is 1. The lowest BCUT2D eigenvalue weighted by Crippen LogP contribution is -2.87. The summed E-state index contributed by atoms with van der Waals surface area (Å²) >= 11 is 0. The topological polar surface area (TPSA) is 73.4 Å². The SMILES string of the molecule is COc1cc(NC(=O)C[NH2+]CC(C)C)cc(OC)c1OC. The van der Waals surface area contributed by atoms with E-state index in [0.29, 0.717) is 35.4 Å². The molecule has 0 aliphatic carbocycles. The summed E-state index contributed by atoms with van der Waals surface area (Å²) in [4.78, 5) is 11.9. The quantitative estimate of drug-likeness (QED) is 0.747. The molecule has 0 heterocycles. The van der Waals surface area contributed by atoms with Gasteiger partial charge < -0.3 is 24.8 Å². The number of carbonyl (C=O) groups excluding carboxylic acids is 1. The van der Waals surface area contributed by atoms with Crippen LogP contribution in [0.2, 0.25) is 0 Å². The van der Waals surface area contributed by atoms with Crippen LogP contribution in [-0.4, -0.2) is 40.3 Å². The number of benzene rings is 1. The molecule has 118 valence electrons. The third kappa shape index (κ3) is 5.15. The molecule has 0 aromatic heterocycles. The molecule has 21 heavy (non-hydrogen) atoms. The second kappa shape index (κ2) is 8.36. The van der Waals surface area contributed by atoms with Crippen molar-refractivity contribution in [3.63, 3.8) is 0 Å². The first-order valence-corrected chi connectivity index (χ1v) is 6.93. The lowest BCUT2D eigenvalue weighted by atomic mass is 10.2. The Labute approximate surface area is 125 Å². The molecule has 0 radical (unpaired) electrons. The van der Waals surface area contributed by atoms with Gasteiger partial charge in [0, 0.05) is 23.7 Å². The van der Waals surface area contributed by atoms with Gasteiger partial charge in [-0.3, -0.25) is 4.79 Å². The van der Waals surface area contributed by atoms with Gasteiger partial charge in [0.15, 0.2) is 18.0 Å². The van der Waals surface area contributed by atoms with Crippen LogP contribution in [0.3, 0.4) is 0 Å².